The van der Waals surface area contributed by atoms with Crippen molar-refractivity contribution < 1.29 is 21.9 Å². The monoisotopic (exact) mass is 380 g/mol. The molecule has 4 rings (SSSR count). The van der Waals surface area contributed by atoms with Gasteiger partial charge in [0.2, 0.25) is 6.79 Å². The van der Waals surface area contributed by atoms with Crippen molar-refractivity contribution in [2.45, 2.75) is 19.5 Å². The molecular weight excluding hydrogens is 366 g/mol. The van der Waals surface area contributed by atoms with Gasteiger partial charge in [-0.2, -0.15) is 0 Å². The van der Waals surface area contributed by atoms with Crippen LogP contribution in [0.5, 0.6) is 11.5 Å². The van der Waals surface area contributed by atoms with E-state index in [4.69, 9.17) is 9.47 Å². The van der Waals surface area contributed by atoms with Crippen LogP contribution in [0, 0.1) is 0 Å². The van der Waals surface area contributed by atoms with Crippen LogP contribution in [0.2, 0.25) is 0 Å². The molecule has 0 bridgehead atoms. The van der Waals surface area contributed by atoms with Crippen LogP contribution in [0.4, 0.5) is 0 Å². The van der Waals surface area contributed by atoms with Gasteiger partial charge < -0.3 is 21.9 Å². The van der Waals surface area contributed by atoms with E-state index in [2.05, 4.69) is 51.2 Å². The molecule has 0 spiro atoms. The number of halogens is 2. The van der Waals surface area contributed by atoms with Gasteiger partial charge in [0.15, 0.2) is 11.5 Å². The minimum atomic E-state index is 0. The van der Waals surface area contributed by atoms with Gasteiger partial charge in [-0.3, -0.25) is 4.90 Å². The van der Waals surface area contributed by atoms with E-state index in [-0.39, 0.29) is 12.4 Å². The molecule has 22 heavy (non-hydrogen) atoms. The number of benzene rings is 2. The van der Waals surface area contributed by atoms with Crippen LogP contribution in [0.3, 0.4) is 0 Å². The average molecular weight is 382 g/mol. The summed E-state index contributed by atoms with van der Waals surface area (Å²) in [4.78, 5) is 2.48. The molecule has 5 heteroatoms. The molecular formula is C17H16BrClNO2-. The molecule has 2 aliphatic heterocycles. The van der Waals surface area contributed by atoms with Crippen LogP contribution in [-0.2, 0) is 19.5 Å². The average Bonchev–Trinajstić information content (AvgIpc) is 2.94. The Hall–Kier alpha value is -1.23. The SMILES string of the molecule is Brc1cc2c(cc1CN1CCc3ccccc3C1)OCO2.[Cl-]. The predicted molar refractivity (Wildman–Crippen MR) is 84.5 cm³/mol. The lowest BCUT2D eigenvalue weighted by Crippen LogP contribution is -3.00. The van der Waals surface area contributed by atoms with Gasteiger partial charge in [-0.1, -0.05) is 40.2 Å². The molecule has 2 aliphatic rings. The minimum Gasteiger partial charge on any atom is -1.00 e. The summed E-state index contributed by atoms with van der Waals surface area (Å²) in [6, 6.07) is 12.8. The standard InChI is InChI=1S/C17H16BrNO2.ClH/c18-15-8-17-16(20-11-21-17)7-14(15)10-19-6-5-12-3-1-2-4-13(12)9-19;/h1-4,7-8H,5-6,9-11H2;1H/p-1. The smallest absolute Gasteiger partial charge is 0.231 e. The lowest BCUT2D eigenvalue weighted by atomic mass is 9.99. The van der Waals surface area contributed by atoms with Gasteiger partial charge in [0.1, 0.15) is 0 Å². The Morgan fingerprint density at radius 1 is 1.05 bits per heavy atom. The summed E-state index contributed by atoms with van der Waals surface area (Å²) in [6.45, 7) is 3.35. The summed E-state index contributed by atoms with van der Waals surface area (Å²) in [5, 5.41) is 0. The molecule has 2 aromatic rings. The topological polar surface area (TPSA) is 21.7 Å². The Morgan fingerprint density at radius 3 is 2.59 bits per heavy atom. The van der Waals surface area contributed by atoms with Gasteiger partial charge >= 0.3 is 0 Å². The first kappa shape index (κ1) is 15.7. The Morgan fingerprint density at radius 2 is 1.77 bits per heavy atom. The number of rotatable bonds is 2. The minimum absolute atomic E-state index is 0. The van der Waals surface area contributed by atoms with E-state index in [9.17, 15) is 0 Å². The first-order valence-electron chi connectivity index (χ1n) is 7.17. The van der Waals surface area contributed by atoms with E-state index >= 15 is 0 Å². The first-order chi connectivity index (χ1) is 10.3. The highest BCUT2D eigenvalue weighted by Crippen LogP contribution is 2.37. The van der Waals surface area contributed by atoms with Crippen molar-refractivity contribution in [2.75, 3.05) is 13.3 Å². The first-order valence-corrected chi connectivity index (χ1v) is 7.96. The number of hydrogen-bond acceptors (Lipinski definition) is 3. The van der Waals surface area contributed by atoms with Crippen LogP contribution < -0.4 is 21.9 Å². The van der Waals surface area contributed by atoms with Crippen molar-refractivity contribution >= 4 is 15.9 Å². The van der Waals surface area contributed by atoms with E-state index in [0.29, 0.717) is 6.79 Å². The lowest BCUT2D eigenvalue weighted by molar-refractivity contribution is -0.00000566. The largest absolute Gasteiger partial charge is 1.00 e. The van der Waals surface area contributed by atoms with E-state index in [1.54, 1.807) is 0 Å². The molecule has 2 heterocycles. The Labute approximate surface area is 144 Å². The zero-order valence-corrected chi connectivity index (χ0v) is 14.4. The number of hydrogen-bond donors (Lipinski definition) is 0. The maximum atomic E-state index is 5.48. The third-order valence-corrected chi connectivity index (χ3v) is 4.88. The van der Waals surface area contributed by atoms with Crippen LogP contribution in [0.25, 0.3) is 0 Å². The van der Waals surface area contributed by atoms with Crippen molar-refractivity contribution in [3.63, 3.8) is 0 Å². The van der Waals surface area contributed by atoms with Gasteiger partial charge in [0.25, 0.3) is 0 Å². The maximum Gasteiger partial charge on any atom is 0.231 e. The second kappa shape index (κ2) is 6.49. The van der Waals surface area contributed by atoms with Crippen LogP contribution in [0.15, 0.2) is 40.9 Å². The Balaban J connectivity index is 0.00000144. The molecule has 116 valence electrons. The molecule has 0 aliphatic carbocycles. The highest BCUT2D eigenvalue weighted by molar-refractivity contribution is 9.10. The molecule has 0 N–H and O–H groups in total. The summed E-state index contributed by atoms with van der Waals surface area (Å²) >= 11 is 3.65. The molecule has 0 saturated heterocycles. The summed E-state index contributed by atoms with van der Waals surface area (Å²) in [7, 11) is 0. The van der Waals surface area contributed by atoms with E-state index in [0.717, 1.165) is 42.0 Å². The highest BCUT2D eigenvalue weighted by atomic mass is 79.9. The zero-order chi connectivity index (χ0) is 14.2. The summed E-state index contributed by atoms with van der Waals surface area (Å²) in [5.74, 6) is 1.68. The summed E-state index contributed by atoms with van der Waals surface area (Å²) < 4.78 is 12.0. The molecule has 0 saturated carbocycles. The normalized spacial score (nSPS) is 16.0. The fourth-order valence-corrected chi connectivity index (χ4v) is 3.46. The quantitative estimate of drug-likeness (QED) is 0.766. The van der Waals surface area contributed by atoms with Gasteiger partial charge in [0, 0.05) is 24.1 Å². The Kier molecular flexibility index (Phi) is 4.62. The van der Waals surface area contributed by atoms with Gasteiger partial charge in [-0.05, 0) is 35.2 Å². The number of ether oxygens (including phenoxy) is 2. The van der Waals surface area contributed by atoms with Crippen molar-refractivity contribution in [3.8, 4) is 11.5 Å². The van der Waals surface area contributed by atoms with Gasteiger partial charge in [-0.25, -0.2) is 0 Å². The van der Waals surface area contributed by atoms with Gasteiger partial charge in [-0.15, -0.1) is 0 Å². The lowest BCUT2D eigenvalue weighted by Gasteiger charge is -2.29. The molecule has 3 nitrogen and oxygen atoms in total. The highest BCUT2D eigenvalue weighted by Gasteiger charge is 2.20. The van der Waals surface area contributed by atoms with Crippen molar-refractivity contribution in [2.24, 2.45) is 0 Å². The van der Waals surface area contributed by atoms with Crippen molar-refractivity contribution in [3.05, 3.63) is 57.6 Å². The van der Waals surface area contributed by atoms with E-state index in [1.807, 2.05) is 6.07 Å². The molecule has 0 unspecified atom stereocenters. The second-order valence-corrected chi connectivity index (χ2v) is 6.38. The summed E-state index contributed by atoms with van der Waals surface area (Å²) in [5.41, 5.74) is 4.18. The van der Waals surface area contributed by atoms with E-state index in [1.165, 1.54) is 16.7 Å². The third kappa shape index (κ3) is 2.96. The van der Waals surface area contributed by atoms with E-state index < -0.39 is 0 Å². The van der Waals surface area contributed by atoms with Crippen molar-refractivity contribution in [1.82, 2.24) is 4.90 Å². The summed E-state index contributed by atoms with van der Waals surface area (Å²) in [6.07, 6.45) is 1.12. The third-order valence-electron chi connectivity index (χ3n) is 4.15. The Bertz CT molecular complexity index is 692. The van der Waals surface area contributed by atoms with Crippen LogP contribution in [-0.4, -0.2) is 18.2 Å². The zero-order valence-electron chi connectivity index (χ0n) is 12.0. The number of fused-ring (bicyclic) bond motifs is 2. The van der Waals surface area contributed by atoms with Crippen molar-refractivity contribution in [1.29, 1.82) is 0 Å². The fourth-order valence-electron chi connectivity index (χ4n) is 3.01. The van der Waals surface area contributed by atoms with Crippen LogP contribution in [0.1, 0.15) is 16.7 Å². The van der Waals surface area contributed by atoms with Crippen LogP contribution >= 0.6 is 15.9 Å². The molecule has 2 aromatic carbocycles. The molecule has 0 fully saturated rings. The predicted octanol–water partition coefficient (Wildman–Crippen LogP) is 0.740. The molecule has 0 aromatic heterocycles. The fraction of sp³-hybridized carbons (Fsp3) is 0.294. The maximum absolute atomic E-state index is 5.48. The van der Waals surface area contributed by atoms with Gasteiger partial charge in [0.05, 0.1) is 0 Å². The molecule has 0 radical (unpaired) electrons. The second-order valence-electron chi connectivity index (χ2n) is 5.53. The number of nitrogens with zero attached hydrogens (tertiary/aromatic N) is 1. The molecule has 0 amide bonds. The molecule has 0 atom stereocenters.